The van der Waals surface area contributed by atoms with Gasteiger partial charge < -0.3 is 10.4 Å². The Kier molecular flexibility index (Phi) is 4.39. The lowest BCUT2D eigenvalue weighted by atomic mass is 10.0. The summed E-state index contributed by atoms with van der Waals surface area (Å²) in [6.07, 6.45) is 0.903. The molecule has 0 saturated heterocycles. The Labute approximate surface area is 98.4 Å². The molecular formula is C12H13NO4. The number of carbonyl (C=O) groups excluding carboxylic acids is 2. The third kappa shape index (κ3) is 4.06. The van der Waals surface area contributed by atoms with Crippen molar-refractivity contribution in [2.24, 2.45) is 0 Å². The first-order chi connectivity index (χ1) is 8.02. The molecule has 0 aliphatic carbocycles. The predicted octanol–water partition coefficient (Wildman–Crippen LogP) is 0.631. The standard InChI is InChI=1S/C12H13NO4/c1-8(15)13-11(12(16)17)6-9-2-4-10(7-14)5-3-9/h2-5,7,11H,6H2,1H3,(H,13,15)(H,16,17)/t11-/m1/s1. The van der Waals surface area contributed by atoms with Gasteiger partial charge in [-0.3, -0.25) is 9.59 Å². The van der Waals surface area contributed by atoms with Crippen LogP contribution in [0.15, 0.2) is 24.3 Å². The molecule has 5 heteroatoms. The molecule has 0 saturated carbocycles. The Morgan fingerprint density at radius 3 is 2.35 bits per heavy atom. The van der Waals surface area contributed by atoms with Crippen LogP contribution in [0.1, 0.15) is 22.8 Å². The molecule has 1 aromatic rings. The van der Waals surface area contributed by atoms with E-state index in [1.165, 1.54) is 6.92 Å². The zero-order valence-electron chi connectivity index (χ0n) is 9.34. The molecule has 5 nitrogen and oxygen atoms in total. The fourth-order valence-electron chi connectivity index (χ4n) is 1.41. The summed E-state index contributed by atoms with van der Waals surface area (Å²) >= 11 is 0. The minimum Gasteiger partial charge on any atom is -0.480 e. The monoisotopic (exact) mass is 235 g/mol. The molecule has 0 bridgehead atoms. The Morgan fingerprint density at radius 2 is 1.94 bits per heavy atom. The van der Waals surface area contributed by atoms with Crippen molar-refractivity contribution >= 4 is 18.2 Å². The van der Waals surface area contributed by atoms with Crippen LogP contribution in [0, 0.1) is 0 Å². The zero-order chi connectivity index (χ0) is 12.8. The number of nitrogens with one attached hydrogen (secondary N) is 1. The van der Waals surface area contributed by atoms with E-state index in [0.29, 0.717) is 11.8 Å². The van der Waals surface area contributed by atoms with Gasteiger partial charge in [0.15, 0.2) is 0 Å². The highest BCUT2D eigenvalue weighted by Gasteiger charge is 2.18. The van der Waals surface area contributed by atoms with Crippen LogP contribution < -0.4 is 5.32 Å². The Bertz CT molecular complexity index is 425. The van der Waals surface area contributed by atoms with Crippen LogP contribution in [-0.4, -0.2) is 29.3 Å². The molecule has 0 aliphatic heterocycles. The molecule has 0 fully saturated rings. The summed E-state index contributed by atoms with van der Waals surface area (Å²) < 4.78 is 0. The van der Waals surface area contributed by atoms with E-state index >= 15 is 0 Å². The van der Waals surface area contributed by atoms with Crippen molar-refractivity contribution in [2.45, 2.75) is 19.4 Å². The number of hydrogen-bond donors (Lipinski definition) is 2. The van der Waals surface area contributed by atoms with E-state index in [-0.39, 0.29) is 12.3 Å². The van der Waals surface area contributed by atoms with E-state index in [1.54, 1.807) is 24.3 Å². The summed E-state index contributed by atoms with van der Waals surface area (Å²) in [6, 6.07) is 5.60. The van der Waals surface area contributed by atoms with E-state index in [9.17, 15) is 14.4 Å². The maximum absolute atomic E-state index is 10.9. The third-order valence-electron chi connectivity index (χ3n) is 2.23. The van der Waals surface area contributed by atoms with Crippen molar-refractivity contribution in [3.05, 3.63) is 35.4 Å². The summed E-state index contributed by atoms with van der Waals surface area (Å²) in [5.41, 5.74) is 1.27. The fraction of sp³-hybridized carbons (Fsp3) is 0.250. The topological polar surface area (TPSA) is 83.5 Å². The van der Waals surface area contributed by atoms with Crippen LogP contribution in [0.25, 0.3) is 0 Å². The molecule has 1 amide bonds. The first-order valence-corrected chi connectivity index (χ1v) is 5.07. The van der Waals surface area contributed by atoms with Gasteiger partial charge in [-0.15, -0.1) is 0 Å². The molecule has 0 spiro atoms. The summed E-state index contributed by atoms with van der Waals surface area (Å²) in [7, 11) is 0. The molecule has 0 radical (unpaired) electrons. The van der Waals surface area contributed by atoms with Crippen molar-refractivity contribution in [3.8, 4) is 0 Å². The van der Waals surface area contributed by atoms with Gasteiger partial charge in [0, 0.05) is 18.9 Å². The van der Waals surface area contributed by atoms with Crippen molar-refractivity contribution in [1.82, 2.24) is 5.32 Å². The summed E-state index contributed by atoms with van der Waals surface area (Å²) in [6.45, 7) is 1.27. The van der Waals surface area contributed by atoms with E-state index in [1.807, 2.05) is 0 Å². The fourth-order valence-corrected chi connectivity index (χ4v) is 1.41. The summed E-state index contributed by atoms with van der Waals surface area (Å²) in [5.74, 6) is -1.47. The number of carbonyl (C=O) groups is 3. The highest BCUT2D eigenvalue weighted by atomic mass is 16.4. The number of carboxylic acid groups (broad SMARTS) is 1. The van der Waals surface area contributed by atoms with Crippen LogP contribution in [0.2, 0.25) is 0 Å². The molecule has 1 atom stereocenters. The van der Waals surface area contributed by atoms with Gasteiger partial charge in [-0.1, -0.05) is 24.3 Å². The first-order valence-electron chi connectivity index (χ1n) is 5.07. The van der Waals surface area contributed by atoms with Gasteiger partial charge in [-0.05, 0) is 5.56 Å². The molecule has 1 aromatic carbocycles. The second kappa shape index (κ2) is 5.79. The van der Waals surface area contributed by atoms with Crippen LogP contribution in [0.4, 0.5) is 0 Å². The average molecular weight is 235 g/mol. The quantitative estimate of drug-likeness (QED) is 0.733. The average Bonchev–Trinajstić information content (AvgIpc) is 2.28. The van der Waals surface area contributed by atoms with Crippen LogP contribution in [0.5, 0.6) is 0 Å². The van der Waals surface area contributed by atoms with Crippen molar-refractivity contribution in [2.75, 3.05) is 0 Å². The Hall–Kier alpha value is -2.17. The molecule has 90 valence electrons. The lowest BCUT2D eigenvalue weighted by molar-refractivity contribution is -0.141. The van der Waals surface area contributed by atoms with E-state index < -0.39 is 12.0 Å². The number of amides is 1. The molecule has 17 heavy (non-hydrogen) atoms. The van der Waals surface area contributed by atoms with Crippen LogP contribution in [0.3, 0.4) is 0 Å². The maximum atomic E-state index is 10.9. The minimum absolute atomic E-state index is 0.189. The number of aldehydes is 1. The van der Waals surface area contributed by atoms with Crippen molar-refractivity contribution in [1.29, 1.82) is 0 Å². The minimum atomic E-state index is -1.08. The largest absolute Gasteiger partial charge is 0.480 e. The van der Waals surface area contributed by atoms with Crippen molar-refractivity contribution in [3.63, 3.8) is 0 Å². The lowest BCUT2D eigenvalue weighted by Gasteiger charge is -2.13. The van der Waals surface area contributed by atoms with Gasteiger partial charge >= 0.3 is 5.97 Å². The highest BCUT2D eigenvalue weighted by Crippen LogP contribution is 2.06. The second-order valence-corrected chi connectivity index (χ2v) is 3.65. The predicted molar refractivity (Wildman–Crippen MR) is 60.8 cm³/mol. The first kappa shape index (κ1) is 12.9. The van der Waals surface area contributed by atoms with Gasteiger partial charge in [-0.25, -0.2) is 4.79 Å². The molecular weight excluding hydrogens is 222 g/mol. The van der Waals surface area contributed by atoms with Crippen LogP contribution in [-0.2, 0) is 16.0 Å². The number of carboxylic acids is 1. The Morgan fingerprint density at radius 1 is 1.35 bits per heavy atom. The van der Waals surface area contributed by atoms with Gasteiger partial charge in [-0.2, -0.15) is 0 Å². The van der Waals surface area contributed by atoms with Gasteiger partial charge in [0.05, 0.1) is 0 Å². The number of aliphatic carboxylic acids is 1. The molecule has 2 N–H and O–H groups in total. The number of benzene rings is 1. The van der Waals surface area contributed by atoms with E-state index in [2.05, 4.69) is 5.32 Å². The molecule has 1 rings (SSSR count). The summed E-state index contributed by atoms with van der Waals surface area (Å²) in [4.78, 5) is 32.2. The van der Waals surface area contributed by atoms with Gasteiger partial charge in [0.25, 0.3) is 0 Å². The second-order valence-electron chi connectivity index (χ2n) is 3.65. The Balaban J connectivity index is 2.74. The maximum Gasteiger partial charge on any atom is 0.326 e. The number of hydrogen-bond acceptors (Lipinski definition) is 3. The zero-order valence-corrected chi connectivity index (χ0v) is 9.34. The van der Waals surface area contributed by atoms with Crippen LogP contribution >= 0.6 is 0 Å². The smallest absolute Gasteiger partial charge is 0.326 e. The SMILES string of the molecule is CC(=O)N[C@H](Cc1ccc(C=O)cc1)C(=O)O. The van der Waals surface area contributed by atoms with Gasteiger partial charge in [0.2, 0.25) is 5.91 Å². The number of rotatable bonds is 5. The van der Waals surface area contributed by atoms with E-state index in [0.717, 1.165) is 5.56 Å². The van der Waals surface area contributed by atoms with Crippen molar-refractivity contribution < 1.29 is 19.5 Å². The van der Waals surface area contributed by atoms with E-state index in [4.69, 9.17) is 5.11 Å². The highest BCUT2D eigenvalue weighted by molar-refractivity contribution is 5.82. The summed E-state index contributed by atoms with van der Waals surface area (Å²) in [5, 5.41) is 11.3. The molecule has 0 unspecified atom stereocenters. The normalized spacial score (nSPS) is 11.6. The third-order valence-corrected chi connectivity index (χ3v) is 2.23. The molecule has 0 heterocycles. The molecule has 0 aromatic heterocycles. The lowest BCUT2D eigenvalue weighted by Crippen LogP contribution is -2.41. The molecule has 0 aliphatic rings. The van der Waals surface area contributed by atoms with Gasteiger partial charge in [0.1, 0.15) is 12.3 Å².